The SMILES string of the molecule is C[C@]1(CC2C=Nc3cc(F)c(C#N)cc3CC2)CCC[C@@]2(CNC(=O)C2)C1. The molecule has 1 aliphatic carbocycles. The van der Waals surface area contributed by atoms with E-state index in [0.29, 0.717) is 18.0 Å². The number of aryl methyl sites for hydroxylation is 1. The van der Waals surface area contributed by atoms with Gasteiger partial charge in [0, 0.05) is 25.2 Å². The summed E-state index contributed by atoms with van der Waals surface area (Å²) in [7, 11) is 0. The van der Waals surface area contributed by atoms with Gasteiger partial charge in [0.15, 0.2) is 0 Å². The molecule has 2 heterocycles. The third-order valence-corrected chi connectivity index (χ3v) is 6.74. The largest absolute Gasteiger partial charge is 0.356 e. The summed E-state index contributed by atoms with van der Waals surface area (Å²) in [5.74, 6) is 0.0451. The molecule has 2 aliphatic heterocycles. The maximum absolute atomic E-state index is 13.9. The summed E-state index contributed by atoms with van der Waals surface area (Å²) in [5, 5.41) is 12.1. The van der Waals surface area contributed by atoms with E-state index in [1.165, 1.54) is 18.9 Å². The zero-order valence-electron chi connectivity index (χ0n) is 15.9. The second-order valence-corrected chi connectivity index (χ2v) is 9.15. The predicted molar refractivity (Wildman–Crippen MR) is 102 cm³/mol. The summed E-state index contributed by atoms with van der Waals surface area (Å²) >= 11 is 0. The third kappa shape index (κ3) is 3.63. The molecule has 27 heavy (non-hydrogen) atoms. The van der Waals surface area contributed by atoms with Crippen molar-refractivity contribution in [1.29, 1.82) is 5.26 Å². The number of nitrogens with one attached hydrogen (secondary N) is 1. The van der Waals surface area contributed by atoms with Crippen molar-refractivity contribution in [3.63, 3.8) is 0 Å². The van der Waals surface area contributed by atoms with Crippen LogP contribution in [0.3, 0.4) is 0 Å². The van der Waals surface area contributed by atoms with E-state index in [2.05, 4.69) is 17.2 Å². The van der Waals surface area contributed by atoms with Crippen molar-refractivity contribution in [3.8, 4) is 6.07 Å². The first-order chi connectivity index (χ1) is 12.9. The Morgan fingerprint density at radius 3 is 3.00 bits per heavy atom. The first-order valence-corrected chi connectivity index (χ1v) is 9.94. The lowest BCUT2D eigenvalue weighted by Gasteiger charge is -2.45. The number of carbonyl (C=O) groups excluding carboxylic acids is 1. The zero-order chi connectivity index (χ0) is 19.1. The first kappa shape index (κ1) is 18.2. The molecule has 1 saturated heterocycles. The predicted octanol–water partition coefficient (Wildman–Crippen LogP) is 4.44. The van der Waals surface area contributed by atoms with E-state index >= 15 is 0 Å². The van der Waals surface area contributed by atoms with Crippen LogP contribution in [0.15, 0.2) is 17.1 Å². The Kier molecular flexibility index (Phi) is 4.53. The van der Waals surface area contributed by atoms with Crippen LogP contribution in [0, 0.1) is 33.9 Å². The van der Waals surface area contributed by atoms with Crippen LogP contribution in [0.5, 0.6) is 0 Å². The summed E-state index contributed by atoms with van der Waals surface area (Å²) in [6.07, 6.45) is 10.1. The lowest BCUT2D eigenvalue weighted by Crippen LogP contribution is -2.37. The number of nitrogens with zero attached hydrogens (tertiary/aromatic N) is 2. The van der Waals surface area contributed by atoms with Crippen molar-refractivity contribution in [2.45, 2.75) is 58.3 Å². The molecule has 0 radical (unpaired) electrons. The van der Waals surface area contributed by atoms with Gasteiger partial charge in [0.2, 0.25) is 5.91 Å². The van der Waals surface area contributed by atoms with E-state index in [1.54, 1.807) is 6.07 Å². The molecule has 3 aliphatic rings. The zero-order valence-corrected chi connectivity index (χ0v) is 15.9. The van der Waals surface area contributed by atoms with Gasteiger partial charge in [0.25, 0.3) is 0 Å². The van der Waals surface area contributed by atoms with Crippen molar-refractivity contribution in [2.75, 3.05) is 6.54 Å². The molecule has 4 rings (SSSR count). The molecule has 142 valence electrons. The Bertz CT molecular complexity index is 843. The fourth-order valence-electron chi connectivity index (χ4n) is 5.60. The van der Waals surface area contributed by atoms with Gasteiger partial charge in [0.1, 0.15) is 11.9 Å². The minimum absolute atomic E-state index is 0.0991. The van der Waals surface area contributed by atoms with Gasteiger partial charge in [-0.1, -0.05) is 13.3 Å². The van der Waals surface area contributed by atoms with Crippen molar-refractivity contribution in [2.24, 2.45) is 21.7 Å². The van der Waals surface area contributed by atoms with Crippen LogP contribution in [0.4, 0.5) is 10.1 Å². The van der Waals surface area contributed by atoms with Crippen LogP contribution < -0.4 is 5.32 Å². The molecule has 1 amide bonds. The van der Waals surface area contributed by atoms with Gasteiger partial charge >= 0.3 is 0 Å². The van der Waals surface area contributed by atoms with Crippen LogP contribution in [-0.2, 0) is 11.2 Å². The fourth-order valence-corrected chi connectivity index (χ4v) is 5.60. The number of rotatable bonds is 2. The topological polar surface area (TPSA) is 65.2 Å². The molecule has 4 nitrogen and oxygen atoms in total. The van der Waals surface area contributed by atoms with Crippen LogP contribution in [0.25, 0.3) is 0 Å². The molecular weight excluding hydrogens is 341 g/mol. The van der Waals surface area contributed by atoms with Crippen molar-refractivity contribution in [1.82, 2.24) is 5.32 Å². The number of nitriles is 1. The number of amides is 1. The molecule has 1 spiro atoms. The second kappa shape index (κ2) is 6.74. The van der Waals surface area contributed by atoms with Crippen LogP contribution >= 0.6 is 0 Å². The average molecular weight is 367 g/mol. The fraction of sp³-hybridized carbons (Fsp3) is 0.591. The van der Waals surface area contributed by atoms with Crippen LogP contribution in [-0.4, -0.2) is 18.7 Å². The minimum atomic E-state index is -0.494. The molecule has 5 heteroatoms. The number of benzene rings is 1. The molecule has 1 N–H and O–H groups in total. The monoisotopic (exact) mass is 367 g/mol. The number of halogens is 1. The lowest BCUT2D eigenvalue weighted by atomic mass is 9.60. The second-order valence-electron chi connectivity index (χ2n) is 9.15. The summed E-state index contributed by atoms with van der Waals surface area (Å²) in [5.41, 5.74) is 2.06. The minimum Gasteiger partial charge on any atom is -0.356 e. The van der Waals surface area contributed by atoms with Crippen molar-refractivity contribution < 1.29 is 9.18 Å². The summed E-state index contributed by atoms with van der Waals surface area (Å²) in [6, 6.07) is 4.96. The normalized spacial score (nSPS) is 32.6. The highest BCUT2D eigenvalue weighted by atomic mass is 19.1. The lowest BCUT2D eigenvalue weighted by molar-refractivity contribution is -0.120. The summed E-state index contributed by atoms with van der Waals surface area (Å²) < 4.78 is 13.9. The van der Waals surface area contributed by atoms with Crippen LogP contribution in [0.2, 0.25) is 0 Å². The Hall–Kier alpha value is -2.22. The van der Waals surface area contributed by atoms with Gasteiger partial charge in [-0.15, -0.1) is 0 Å². The van der Waals surface area contributed by atoms with E-state index in [1.807, 2.05) is 12.3 Å². The molecule has 0 bridgehead atoms. The highest BCUT2D eigenvalue weighted by Gasteiger charge is 2.46. The van der Waals surface area contributed by atoms with Crippen molar-refractivity contribution >= 4 is 17.8 Å². The Balaban J connectivity index is 1.48. The average Bonchev–Trinajstić information content (AvgIpc) is 2.85. The molecule has 0 aromatic heterocycles. The third-order valence-electron chi connectivity index (χ3n) is 6.74. The van der Waals surface area contributed by atoms with E-state index in [9.17, 15) is 9.18 Å². The molecular formula is C22H26FN3O. The Labute approximate surface area is 159 Å². The number of hydrogen-bond acceptors (Lipinski definition) is 3. The smallest absolute Gasteiger partial charge is 0.220 e. The summed E-state index contributed by atoms with van der Waals surface area (Å²) in [6.45, 7) is 3.18. The first-order valence-electron chi connectivity index (χ1n) is 9.94. The maximum Gasteiger partial charge on any atom is 0.220 e. The van der Waals surface area contributed by atoms with Gasteiger partial charge in [-0.25, -0.2) is 4.39 Å². The van der Waals surface area contributed by atoms with Gasteiger partial charge < -0.3 is 5.32 Å². The maximum atomic E-state index is 13.9. The molecule has 1 aromatic carbocycles. The quantitative estimate of drug-likeness (QED) is 0.840. The van der Waals surface area contributed by atoms with Gasteiger partial charge in [-0.3, -0.25) is 9.79 Å². The number of aliphatic imine (C=N–C) groups is 1. The van der Waals surface area contributed by atoms with E-state index < -0.39 is 5.82 Å². The number of fused-ring (bicyclic) bond motifs is 1. The van der Waals surface area contributed by atoms with E-state index in [0.717, 1.165) is 44.2 Å². The number of hydrogen-bond donors (Lipinski definition) is 1. The number of carbonyl (C=O) groups is 1. The molecule has 1 unspecified atom stereocenters. The highest BCUT2D eigenvalue weighted by molar-refractivity contribution is 5.79. The van der Waals surface area contributed by atoms with E-state index in [-0.39, 0.29) is 22.3 Å². The van der Waals surface area contributed by atoms with Crippen molar-refractivity contribution in [3.05, 3.63) is 29.1 Å². The molecule has 3 atom stereocenters. The summed E-state index contributed by atoms with van der Waals surface area (Å²) in [4.78, 5) is 16.3. The van der Waals surface area contributed by atoms with Crippen LogP contribution in [0.1, 0.15) is 63.0 Å². The standard InChI is InChI=1S/C22H26FN3O/c1-21(5-2-6-22(13-21)10-20(27)26-14-22)9-15-3-4-16-7-17(11-24)18(23)8-19(16)25-12-15/h7-8,12,15H,2-6,9-10,13-14H2,1H3,(H,26,27)/t15?,21-,22+/m1/s1. The van der Waals surface area contributed by atoms with Gasteiger partial charge in [-0.05, 0) is 66.9 Å². The molecule has 2 fully saturated rings. The molecule has 1 aromatic rings. The Morgan fingerprint density at radius 1 is 1.41 bits per heavy atom. The van der Waals surface area contributed by atoms with E-state index in [4.69, 9.17) is 5.26 Å². The van der Waals surface area contributed by atoms with Gasteiger partial charge in [-0.2, -0.15) is 5.26 Å². The van der Waals surface area contributed by atoms with Gasteiger partial charge in [0.05, 0.1) is 11.3 Å². The molecule has 1 saturated carbocycles. The highest BCUT2D eigenvalue weighted by Crippen LogP contribution is 2.52. The Morgan fingerprint density at radius 2 is 2.26 bits per heavy atom.